The lowest BCUT2D eigenvalue weighted by Crippen LogP contribution is -2.47. The molecule has 6 nitrogen and oxygen atoms in total. The predicted octanol–water partition coefficient (Wildman–Crippen LogP) is 2.60. The molecule has 1 N–H and O–H groups in total. The van der Waals surface area contributed by atoms with Crippen molar-refractivity contribution in [3.05, 3.63) is 53.9 Å². The molecule has 0 aliphatic carbocycles. The van der Waals surface area contributed by atoms with Gasteiger partial charge in [-0.1, -0.05) is 18.2 Å². The van der Waals surface area contributed by atoms with Gasteiger partial charge in [0.15, 0.2) is 0 Å². The van der Waals surface area contributed by atoms with Crippen molar-refractivity contribution in [1.29, 1.82) is 0 Å². The van der Waals surface area contributed by atoms with Gasteiger partial charge in [0.1, 0.15) is 0 Å². The normalized spacial score (nSPS) is 20.6. The smallest absolute Gasteiger partial charge is 0.255 e. The Morgan fingerprint density at radius 2 is 1.76 bits per heavy atom. The number of carbonyl (C=O) groups excluding carboxylic acids is 1. The Bertz CT molecular complexity index is 812. The fourth-order valence-corrected chi connectivity index (χ4v) is 4.57. The van der Waals surface area contributed by atoms with Crippen LogP contribution in [0.4, 0.5) is 5.69 Å². The molecular weight excluding hydrogens is 364 g/mol. The number of rotatable bonds is 6. The van der Waals surface area contributed by atoms with E-state index < -0.39 is 6.10 Å². The summed E-state index contributed by atoms with van der Waals surface area (Å²) in [5.74, 6) is 0.0673. The molecule has 3 heterocycles. The summed E-state index contributed by atoms with van der Waals surface area (Å²) in [6.45, 7) is 9.42. The maximum Gasteiger partial charge on any atom is 0.255 e. The monoisotopic (exact) mass is 396 g/mol. The quantitative estimate of drug-likeness (QED) is 0.816. The van der Waals surface area contributed by atoms with Gasteiger partial charge in [-0.05, 0) is 44.5 Å². The van der Waals surface area contributed by atoms with Crippen molar-refractivity contribution < 1.29 is 9.90 Å². The maximum absolute atomic E-state index is 13.0. The average molecular weight is 397 g/mol. The van der Waals surface area contributed by atoms with Gasteiger partial charge in [0, 0.05) is 57.7 Å². The Balaban J connectivity index is 1.27. The van der Waals surface area contributed by atoms with Crippen molar-refractivity contribution in [3.8, 4) is 0 Å². The van der Waals surface area contributed by atoms with Crippen LogP contribution >= 0.6 is 0 Å². The molecule has 0 radical (unpaired) electrons. The van der Waals surface area contributed by atoms with Crippen LogP contribution in [-0.2, 0) is 6.54 Å². The molecule has 1 atom stereocenters. The van der Waals surface area contributed by atoms with Crippen LogP contribution in [0.1, 0.15) is 41.9 Å². The highest BCUT2D eigenvalue weighted by Gasteiger charge is 2.29. The highest BCUT2D eigenvalue weighted by molar-refractivity contribution is 5.96. The number of aryl methyl sites for hydroxylation is 1. The van der Waals surface area contributed by atoms with Gasteiger partial charge in [0.05, 0.1) is 17.4 Å². The largest absolute Gasteiger partial charge is 0.387 e. The van der Waals surface area contributed by atoms with Crippen molar-refractivity contribution in [2.75, 3.05) is 50.7 Å². The fraction of sp³-hybridized carbons (Fsp3) is 0.522. The van der Waals surface area contributed by atoms with Gasteiger partial charge in [-0.25, -0.2) is 0 Å². The van der Waals surface area contributed by atoms with Gasteiger partial charge in [-0.2, -0.15) is 0 Å². The summed E-state index contributed by atoms with van der Waals surface area (Å²) in [5, 5.41) is 10.5. The molecule has 0 spiro atoms. The predicted molar refractivity (Wildman–Crippen MR) is 115 cm³/mol. The van der Waals surface area contributed by atoms with E-state index in [1.54, 1.807) is 0 Å². The van der Waals surface area contributed by atoms with Crippen LogP contribution in [0.3, 0.4) is 0 Å². The van der Waals surface area contributed by atoms with Crippen LogP contribution in [-0.4, -0.2) is 71.2 Å². The number of hydrogen-bond acceptors (Lipinski definition) is 4. The second-order valence-electron chi connectivity index (χ2n) is 8.02. The zero-order chi connectivity index (χ0) is 20.2. The molecule has 4 rings (SSSR count). The number of nitrogens with zero attached hydrogens (tertiary/aromatic N) is 4. The van der Waals surface area contributed by atoms with Gasteiger partial charge in [-0.3, -0.25) is 9.69 Å². The molecule has 1 amide bonds. The van der Waals surface area contributed by atoms with Crippen molar-refractivity contribution >= 4 is 11.6 Å². The number of carbonyl (C=O) groups is 1. The number of para-hydroxylation sites is 1. The van der Waals surface area contributed by atoms with E-state index in [0.717, 1.165) is 57.9 Å². The summed E-state index contributed by atoms with van der Waals surface area (Å²) in [4.78, 5) is 19.8. The van der Waals surface area contributed by atoms with Crippen LogP contribution < -0.4 is 4.90 Å². The molecule has 2 aromatic rings. The first-order valence-electron chi connectivity index (χ1n) is 10.9. The van der Waals surface area contributed by atoms with Gasteiger partial charge in [0.2, 0.25) is 0 Å². The van der Waals surface area contributed by atoms with Crippen LogP contribution in [0, 0.1) is 0 Å². The second kappa shape index (κ2) is 9.01. The third-order valence-electron chi connectivity index (χ3n) is 6.25. The third kappa shape index (κ3) is 4.33. The van der Waals surface area contributed by atoms with E-state index in [-0.39, 0.29) is 5.91 Å². The number of aliphatic hydroxyl groups is 1. The van der Waals surface area contributed by atoms with Crippen LogP contribution in [0.5, 0.6) is 0 Å². The molecule has 1 unspecified atom stereocenters. The molecule has 2 aliphatic heterocycles. The number of fused-ring (bicyclic) bond motifs is 1. The first-order chi connectivity index (χ1) is 14.2. The molecule has 0 saturated carbocycles. The van der Waals surface area contributed by atoms with E-state index in [0.29, 0.717) is 18.5 Å². The highest BCUT2D eigenvalue weighted by Crippen LogP contribution is 2.28. The first kappa shape index (κ1) is 20.0. The molecular formula is C23H32N4O2. The number of aromatic nitrogens is 1. The number of hydrogen-bond donors (Lipinski definition) is 1. The van der Waals surface area contributed by atoms with Crippen molar-refractivity contribution in [3.63, 3.8) is 0 Å². The molecule has 29 heavy (non-hydrogen) atoms. The minimum atomic E-state index is -0.556. The Hall–Kier alpha value is -2.31. The first-order valence-corrected chi connectivity index (χ1v) is 10.9. The van der Waals surface area contributed by atoms with Gasteiger partial charge in [0.25, 0.3) is 5.91 Å². The number of benzene rings is 1. The number of anilines is 1. The van der Waals surface area contributed by atoms with Crippen LogP contribution in [0.15, 0.2) is 42.6 Å². The molecule has 1 fully saturated rings. The molecule has 2 aliphatic rings. The van der Waals surface area contributed by atoms with Gasteiger partial charge < -0.3 is 19.5 Å². The summed E-state index contributed by atoms with van der Waals surface area (Å²) in [6.07, 6.45) is 2.94. The Kier molecular flexibility index (Phi) is 6.21. The summed E-state index contributed by atoms with van der Waals surface area (Å²) in [6, 6.07) is 12.5. The Morgan fingerprint density at radius 1 is 1.00 bits per heavy atom. The lowest BCUT2D eigenvalue weighted by atomic mass is 10.1. The van der Waals surface area contributed by atoms with Gasteiger partial charge >= 0.3 is 0 Å². The summed E-state index contributed by atoms with van der Waals surface area (Å²) < 4.78 is 1.99. The van der Waals surface area contributed by atoms with Gasteiger partial charge in [-0.15, -0.1) is 0 Å². The molecule has 1 aromatic carbocycles. The summed E-state index contributed by atoms with van der Waals surface area (Å²) >= 11 is 0. The number of amides is 1. The molecule has 1 saturated heterocycles. The zero-order valence-corrected chi connectivity index (χ0v) is 17.3. The van der Waals surface area contributed by atoms with E-state index >= 15 is 0 Å². The topological polar surface area (TPSA) is 52.0 Å². The van der Waals surface area contributed by atoms with E-state index in [9.17, 15) is 9.90 Å². The average Bonchev–Trinajstić information content (AvgIpc) is 3.16. The number of aliphatic hydroxyl groups excluding tert-OH is 1. The van der Waals surface area contributed by atoms with E-state index in [1.165, 1.54) is 5.69 Å². The number of piperazine rings is 1. The standard InChI is InChI=1S/C23H32N4O2/c1-2-25-13-9-20-22(25)21(28)10-14-27(23(20)29)12-6-11-24-15-17-26(18-16-24)19-7-4-3-5-8-19/h3-5,7-9,13,21,28H,2,6,10-12,14-18H2,1H3. The second-order valence-corrected chi connectivity index (χ2v) is 8.02. The Morgan fingerprint density at radius 3 is 2.48 bits per heavy atom. The molecule has 156 valence electrons. The van der Waals surface area contributed by atoms with Crippen molar-refractivity contribution in [1.82, 2.24) is 14.4 Å². The third-order valence-corrected chi connectivity index (χ3v) is 6.25. The van der Waals surface area contributed by atoms with E-state index in [2.05, 4.69) is 40.1 Å². The lowest BCUT2D eigenvalue weighted by molar-refractivity contribution is 0.0738. The van der Waals surface area contributed by atoms with Crippen LogP contribution in [0.25, 0.3) is 0 Å². The highest BCUT2D eigenvalue weighted by atomic mass is 16.3. The van der Waals surface area contributed by atoms with E-state index in [4.69, 9.17) is 0 Å². The lowest BCUT2D eigenvalue weighted by Gasteiger charge is -2.36. The van der Waals surface area contributed by atoms with Crippen LogP contribution in [0.2, 0.25) is 0 Å². The maximum atomic E-state index is 13.0. The minimum absolute atomic E-state index is 0.0673. The summed E-state index contributed by atoms with van der Waals surface area (Å²) in [5.41, 5.74) is 2.76. The minimum Gasteiger partial charge on any atom is -0.387 e. The fourth-order valence-electron chi connectivity index (χ4n) is 4.57. The molecule has 1 aromatic heterocycles. The van der Waals surface area contributed by atoms with Crippen molar-refractivity contribution in [2.45, 2.75) is 32.4 Å². The Labute approximate surface area is 173 Å². The van der Waals surface area contributed by atoms with E-state index in [1.807, 2.05) is 28.7 Å². The molecule has 6 heteroatoms. The SMILES string of the molecule is CCn1ccc2c1C(O)CCN(CCCN1CCN(c3ccccc3)CC1)C2=O. The summed E-state index contributed by atoms with van der Waals surface area (Å²) in [7, 11) is 0. The van der Waals surface area contributed by atoms with Crippen molar-refractivity contribution in [2.24, 2.45) is 0 Å². The zero-order valence-electron chi connectivity index (χ0n) is 17.3. The molecule has 0 bridgehead atoms.